The van der Waals surface area contributed by atoms with Crippen LogP contribution in [0.3, 0.4) is 0 Å². The molecule has 1 aromatic heterocycles. The summed E-state index contributed by atoms with van der Waals surface area (Å²) in [5.41, 5.74) is 0.861. The van der Waals surface area contributed by atoms with E-state index in [-0.39, 0.29) is 12.1 Å². The van der Waals surface area contributed by atoms with Crippen LogP contribution in [0.4, 0.5) is 4.39 Å². The Kier molecular flexibility index (Phi) is 4.07. The Bertz CT molecular complexity index is 587. The maximum absolute atomic E-state index is 13.4. The molecule has 1 amide bonds. The number of carbonyl (C=O) groups is 1. The molecule has 0 saturated carbocycles. The molecule has 0 unspecified atom stereocenters. The van der Waals surface area contributed by atoms with E-state index in [0.717, 1.165) is 5.56 Å². The molecule has 0 radical (unpaired) electrons. The van der Waals surface area contributed by atoms with Gasteiger partial charge in [0, 0.05) is 18.8 Å². The van der Waals surface area contributed by atoms with Gasteiger partial charge in [-0.25, -0.2) is 9.37 Å². The van der Waals surface area contributed by atoms with E-state index >= 15 is 0 Å². The van der Waals surface area contributed by atoms with Crippen LogP contribution in [0, 0.1) is 5.82 Å². The zero-order chi connectivity index (χ0) is 13.7. The van der Waals surface area contributed by atoms with Crippen LogP contribution in [-0.2, 0) is 6.54 Å². The van der Waals surface area contributed by atoms with E-state index in [9.17, 15) is 9.18 Å². The third-order valence-corrected chi connectivity index (χ3v) is 2.58. The molecule has 2 rings (SSSR count). The number of benzene rings is 1. The quantitative estimate of drug-likeness (QED) is 0.916. The fourth-order valence-electron chi connectivity index (χ4n) is 1.59. The van der Waals surface area contributed by atoms with E-state index < -0.39 is 11.7 Å². The van der Waals surface area contributed by atoms with Crippen LogP contribution in [0.1, 0.15) is 15.9 Å². The molecule has 0 aliphatic heterocycles. The lowest BCUT2D eigenvalue weighted by Crippen LogP contribution is -2.23. The van der Waals surface area contributed by atoms with Gasteiger partial charge < -0.3 is 10.1 Å². The van der Waals surface area contributed by atoms with Gasteiger partial charge in [-0.2, -0.15) is 0 Å². The predicted octanol–water partition coefficient (Wildman–Crippen LogP) is 2.16. The monoisotopic (exact) mass is 260 g/mol. The van der Waals surface area contributed by atoms with Crippen LogP contribution in [0.25, 0.3) is 0 Å². The van der Waals surface area contributed by atoms with Crippen molar-refractivity contribution in [2.45, 2.75) is 6.54 Å². The summed E-state index contributed by atoms with van der Waals surface area (Å²) in [6, 6.07) is 9.32. The topological polar surface area (TPSA) is 51.2 Å². The number of ether oxygens (including phenoxy) is 1. The molecule has 0 bridgehead atoms. The van der Waals surface area contributed by atoms with Gasteiger partial charge in [-0.15, -0.1) is 0 Å². The van der Waals surface area contributed by atoms with E-state index in [2.05, 4.69) is 10.3 Å². The molecular weight excluding hydrogens is 247 g/mol. The van der Waals surface area contributed by atoms with Gasteiger partial charge in [0.15, 0.2) is 0 Å². The zero-order valence-electron chi connectivity index (χ0n) is 10.4. The second-order valence-electron chi connectivity index (χ2n) is 3.87. The molecule has 5 heteroatoms. The fraction of sp³-hybridized carbons (Fsp3) is 0.143. The fourth-order valence-corrected chi connectivity index (χ4v) is 1.59. The first-order chi connectivity index (χ1) is 9.20. The summed E-state index contributed by atoms with van der Waals surface area (Å²) >= 11 is 0. The summed E-state index contributed by atoms with van der Waals surface area (Å²) in [5.74, 6) is -0.515. The SMILES string of the molecule is COc1cc(CNC(=O)c2ccccc2F)ccn1. The number of halogens is 1. The van der Waals surface area contributed by atoms with Gasteiger partial charge in [0.2, 0.25) is 5.88 Å². The van der Waals surface area contributed by atoms with Crippen molar-refractivity contribution in [2.24, 2.45) is 0 Å². The highest BCUT2D eigenvalue weighted by Crippen LogP contribution is 2.09. The van der Waals surface area contributed by atoms with Crippen LogP contribution in [0.15, 0.2) is 42.6 Å². The molecule has 0 spiro atoms. The minimum Gasteiger partial charge on any atom is -0.481 e. The van der Waals surface area contributed by atoms with E-state index in [4.69, 9.17) is 4.74 Å². The number of hydrogen-bond donors (Lipinski definition) is 1. The molecule has 1 heterocycles. The smallest absolute Gasteiger partial charge is 0.254 e. The molecule has 0 aliphatic rings. The van der Waals surface area contributed by atoms with Crippen molar-refractivity contribution in [3.8, 4) is 5.88 Å². The van der Waals surface area contributed by atoms with Crippen LogP contribution in [-0.4, -0.2) is 18.0 Å². The van der Waals surface area contributed by atoms with Crippen molar-refractivity contribution in [3.63, 3.8) is 0 Å². The molecule has 1 aromatic carbocycles. The van der Waals surface area contributed by atoms with Gasteiger partial charge in [-0.1, -0.05) is 12.1 Å². The van der Waals surface area contributed by atoms with Crippen LogP contribution < -0.4 is 10.1 Å². The van der Waals surface area contributed by atoms with Gasteiger partial charge in [0.1, 0.15) is 5.82 Å². The Morgan fingerprint density at radius 2 is 2.16 bits per heavy atom. The van der Waals surface area contributed by atoms with E-state index in [0.29, 0.717) is 5.88 Å². The molecule has 0 saturated heterocycles. The lowest BCUT2D eigenvalue weighted by atomic mass is 10.2. The highest BCUT2D eigenvalue weighted by Gasteiger charge is 2.10. The Labute approximate surface area is 110 Å². The molecule has 4 nitrogen and oxygen atoms in total. The lowest BCUT2D eigenvalue weighted by Gasteiger charge is -2.07. The molecule has 0 atom stereocenters. The number of pyridine rings is 1. The predicted molar refractivity (Wildman–Crippen MR) is 68.4 cm³/mol. The second kappa shape index (κ2) is 5.95. The van der Waals surface area contributed by atoms with Crippen molar-refractivity contribution in [1.29, 1.82) is 0 Å². The maximum atomic E-state index is 13.4. The summed E-state index contributed by atoms with van der Waals surface area (Å²) < 4.78 is 18.4. The first-order valence-corrected chi connectivity index (χ1v) is 5.72. The maximum Gasteiger partial charge on any atom is 0.254 e. The summed E-state index contributed by atoms with van der Waals surface area (Å²) in [5, 5.41) is 2.65. The van der Waals surface area contributed by atoms with Gasteiger partial charge in [-0.05, 0) is 23.8 Å². The number of amides is 1. The average molecular weight is 260 g/mol. The van der Waals surface area contributed by atoms with Crippen LogP contribution >= 0.6 is 0 Å². The molecule has 19 heavy (non-hydrogen) atoms. The Morgan fingerprint density at radius 3 is 2.89 bits per heavy atom. The van der Waals surface area contributed by atoms with Crippen molar-refractivity contribution in [2.75, 3.05) is 7.11 Å². The minimum absolute atomic E-state index is 0.0310. The standard InChI is InChI=1S/C14H13FN2O2/c1-19-13-8-10(6-7-16-13)9-17-14(18)11-4-2-3-5-12(11)15/h2-8H,9H2,1H3,(H,17,18). The average Bonchev–Trinajstić information content (AvgIpc) is 2.45. The summed E-state index contributed by atoms with van der Waals surface area (Å²) in [6.45, 7) is 0.284. The highest BCUT2D eigenvalue weighted by molar-refractivity contribution is 5.94. The van der Waals surface area contributed by atoms with Crippen molar-refractivity contribution >= 4 is 5.91 Å². The molecule has 98 valence electrons. The van der Waals surface area contributed by atoms with Gasteiger partial charge in [0.25, 0.3) is 5.91 Å². The van der Waals surface area contributed by atoms with Crippen molar-refractivity contribution in [3.05, 3.63) is 59.5 Å². The van der Waals surface area contributed by atoms with Gasteiger partial charge in [0.05, 0.1) is 12.7 Å². The number of nitrogens with one attached hydrogen (secondary N) is 1. The normalized spacial score (nSPS) is 10.0. The molecule has 0 fully saturated rings. The van der Waals surface area contributed by atoms with Gasteiger partial charge in [-0.3, -0.25) is 4.79 Å². The van der Waals surface area contributed by atoms with E-state index in [1.54, 1.807) is 30.5 Å². The highest BCUT2D eigenvalue weighted by atomic mass is 19.1. The summed E-state index contributed by atoms with van der Waals surface area (Å²) in [7, 11) is 1.52. The number of nitrogens with zero attached hydrogens (tertiary/aromatic N) is 1. The number of rotatable bonds is 4. The number of carbonyl (C=O) groups excluding carboxylic acids is 1. The first-order valence-electron chi connectivity index (χ1n) is 5.72. The Hall–Kier alpha value is -2.43. The second-order valence-corrected chi connectivity index (χ2v) is 3.87. The number of hydrogen-bond acceptors (Lipinski definition) is 3. The van der Waals surface area contributed by atoms with Gasteiger partial charge >= 0.3 is 0 Å². The molecule has 2 aromatic rings. The molecule has 0 aliphatic carbocycles. The molecular formula is C14H13FN2O2. The summed E-state index contributed by atoms with van der Waals surface area (Å²) in [6.07, 6.45) is 1.59. The lowest BCUT2D eigenvalue weighted by molar-refractivity contribution is 0.0947. The Balaban J connectivity index is 2.02. The first kappa shape index (κ1) is 13.0. The minimum atomic E-state index is -0.535. The number of methoxy groups -OCH3 is 1. The molecule has 1 N–H and O–H groups in total. The zero-order valence-corrected chi connectivity index (χ0v) is 10.4. The van der Waals surface area contributed by atoms with Crippen LogP contribution in [0.2, 0.25) is 0 Å². The number of aromatic nitrogens is 1. The van der Waals surface area contributed by atoms with Crippen LogP contribution in [0.5, 0.6) is 5.88 Å². The third kappa shape index (κ3) is 3.28. The Morgan fingerprint density at radius 1 is 1.37 bits per heavy atom. The van der Waals surface area contributed by atoms with E-state index in [1.807, 2.05) is 0 Å². The largest absolute Gasteiger partial charge is 0.481 e. The van der Waals surface area contributed by atoms with Crippen molar-refractivity contribution < 1.29 is 13.9 Å². The van der Waals surface area contributed by atoms with E-state index in [1.165, 1.54) is 19.2 Å². The summed E-state index contributed by atoms with van der Waals surface area (Å²) in [4.78, 5) is 15.8. The van der Waals surface area contributed by atoms with Crippen molar-refractivity contribution in [1.82, 2.24) is 10.3 Å². The third-order valence-electron chi connectivity index (χ3n) is 2.58.